The summed E-state index contributed by atoms with van der Waals surface area (Å²) >= 11 is 0. The Hall–Kier alpha value is -2.76. The third-order valence-electron chi connectivity index (χ3n) is 3.25. The number of nitrogen functional groups attached to an aromatic ring is 1. The van der Waals surface area contributed by atoms with Gasteiger partial charge in [-0.2, -0.15) is 0 Å². The fourth-order valence-corrected chi connectivity index (χ4v) is 2.15. The highest BCUT2D eigenvalue weighted by Gasteiger charge is 2.21. The van der Waals surface area contributed by atoms with Crippen molar-refractivity contribution in [2.45, 2.75) is 6.54 Å². The minimum absolute atomic E-state index is 0.149. The molecular formula is C15H15N3O3. The van der Waals surface area contributed by atoms with Gasteiger partial charge in [-0.25, -0.2) is 0 Å². The van der Waals surface area contributed by atoms with Gasteiger partial charge in [0.05, 0.1) is 17.8 Å². The number of anilines is 1. The van der Waals surface area contributed by atoms with Crippen molar-refractivity contribution in [2.75, 3.05) is 19.6 Å². The van der Waals surface area contributed by atoms with Crippen LogP contribution < -0.4 is 15.2 Å². The number of amides is 1. The monoisotopic (exact) mass is 285 g/mol. The molecule has 0 spiro atoms. The largest absolute Gasteiger partial charge is 0.454 e. The highest BCUT2D eigenvalue weighted by atomic mass is 16.7. The topological polar surface area (TPSA) is 77.7 Å². The average molecular weight is 285 g/mol. The maximum Gasteiger partial charge on any atom is 0.256 e. The van der Waals surface area contributed by atoms with E-state index in [-0.39, 0.29) is 12.7 Å². The van der Waals surface area contributed by atoms with Gasteiger partial charge in [0, 0.05) is 25.0 Å². The van der Waals surface area contributed by atoms with Crippen LogP contribution >= 0.6 is 0 Å². The van der Waals surface area contributed by atoms with E-state index in [4.69, 9.17) is 15.2 Å². The standard InChI is InChI=1S/C15H15N3O3/c1-18(8-10-4-2-3-5-17-10)15(19)11-6-13-14(7-12(11)16)21-9-20-13/h2-7H,8-9,16H2,1H3. The van der Waals surface area contributed by atoms with Crippen molar-refractivity contribution in [2.24, 2.45) is 0 Å². The molecule has 6 heteroatoms. The number of rotatable bonds is 3. The Morgan fingerprint density at radius 3 is 2.81 bits per heavy atom. The van der Waals surface area contributed by atoms with E-state index in [9.17, 15) is 4.79 Å². The number of hydrogen-bond acceptors (Lipinski definition) is 5. The van der Waals surface area contributed by atoms with E-state index >= 15 is 0 Å². The number of fused-ring (bicyclic) bond motifs is 1. The van der Waals surface area contributed by atoms with Crippen LogP contribution in [0, 0.1) is 0 Å². The molecular weight excluding hydrogens is 270 g/mol. The summed E-state index contributed by atoms with van der Waals surface area (Å²) in [5.41, 5.74) is 7.51. The van der Waals surface area contributed by atoms with Gasteiger partial charge in [-0.05, 0) is 18.2 Å². The molecule has 3 rings (SSSR count). The Kier molecular flexibility index (Phi) is 3.35. The Morgan fingerprint density at radius 1 is 1.33 bits per heavy atom. The molecule has 0 saturated carbocycles. The molecule has 0 unspecified atom stereocenters. The van der Waals surface area contributed by atoms with E-state index in [0.29, 0.717) is 29.3 Å². The molecule has 0 radical (unpaired) electrons. The lowest BCUT2D eigenvalue weighted by Gasteiger charge is -2.18. The van der Waals surface area contributed by atoms with E-state index in [1.807, 2.05) is 18.2 Å². The van der Waals surface area contributed by atoms with Crippen LogP contribution in [0.2, 0.25) is 0 Å². The highest BCUT2D eigenvalue weighted by molar-refractivity contribution is 6.00. The van der Waals surface area contributed by atoms with Crippen LogP contribution in [0.3, 0.4) is 0 Å². The lowest BCUT2D eigenvalue weighted by molar-refractivity contribution is 0.0784. The van der Waals surface area contributed by atoms with Gasteiger partial charge in [-0.15, -0.1) is 0 Å². The minimum atomic E-state index is -0.184. The summed E-state index contributed by atoms with van der Waals surface area (Å²) in [4.78, 5) is 18.3. The third kappa shape index (κ3) is 2.60. The fraction of sp³-hybridized carbons (Fsp3) is 0.200. The molecule has 0 saturated heterocycles. The van der Waals surface area contributed by atoms with Crippen LogP contribution in [0.15, 0.2) is 36.5 Å². The number of nitrogens with two attached hydrogens (primary N) is 1. The summed E-state index contributed by atoms with van der Waals surface area (Å²) in [7, 11) is 1.71. The number of aromatic nitrogens is 1. The first kappa shape index (κ1) is 13.2. The van der Waals surface area contributed by atoms with Gasteiger partial charge in [0.25, 0.3) is 5.91 Å². The first-order chi connectivity index (χ1) is 10.1. The number of benzene rings is 1. The molecule has 1 aliphatic rings. The number of ether oxygens (including phenoxy) is 2. The molecule has 6 nitrogen and oxygen atoms in total. The Morgan fingerprint density at radius 2 is 2.10 bits per heavy atom. The Bertz CT molecular complexity index is 673. The van der Waals surface area contributed by atoms with E-state index in [0.717, 1.165) is 5.69 Å². The lowest BCUT2D eigenvalue weighted by Crippen LogP contribution is -2.27. The van der Waals surface area contributed by atoms with Gasteiger partial charge in [-0.3, -0.25) is 9.78 Å². The van der Waals surface area contributed by atoms with Gasteiger partial charge in [0.2, 0.25) is 6.79 Å². The zero-order valence-electron chi connectivity index (χ0n) is 11.6. The van der Waals surface area contributed by atoms with Crippen molar-refractivity contribution < 1.29 is 14.3 Å². The van der Waals surface area contributed by atoms with E-state index in [1.165, 1.54) is 0 Å². The number of carbonyl (C=O) groups excluding carboxylic acids is 1. The fourth-order valence-electron chi connectivity index (χ4n) is 2.15. The second-order valence-electron chi connectivity index (χ2n) is 4.78. The van der Waals surface area contributed by atoms with Gasteiger partial charge in [-0.1, -0.05) is 6.07 Å². The molecule has 1 amide bonds. The molecule has 2 N–H and O–H groups in total. The smallest absolute Gasteiger partial charge is 0.256 e. The molecule has 2 heterocycles. The molecule has 2 aromatic rings. The van der Waals surface area contributed by atoms with Crippen LogP contribution in [0.25, 0.3) is 0 Å². The first-order valence-corrected chi connectivity index (χ1v) is 6.49. The molecule has 21 heavy (non-hydrogen) atoms. The van der Waals surface area contributed by atoms with E-state index < -0.39 is 0 Å². The van der Waals surface area contributed by atoms with Crippen molar-refractivity contribution >= 4 is 11.6 Å². The normalized spacial score (nSPS) is 12.2. The summed E-state index contributed by atoms with van der Waals surface area (Å²) in [5.74, 6) is 0.923. The summed E-state index contributed by atoms with van der Waals surface area (Å²) in [6.45, 7) is 0.559. The molecule has 1 aromatic heterocycles. The lowest BCUT2D eigenvalue weighted by atomic mass is 10.1. The molecule has 0 fully saturated rings. The number of hydrogen-bond donors (Lipinski definition) is 1. The van der Waals surface area contributed by atoms with E-state index in [1.54, 1.807) is 30.3 Å². The second kappa shape index (κ2) is 5.32. The van der Waals surface area contributed by atoms with Gasteiger partial charge in [0.15, 0.2) is 11.5 Å². The SMILES string of the molecule is CN(Cc1ccccn1)C(=O)c1cc2c(cc1N)OCO2. The third-order valence-corrected chi connectivity index (χ3v) is 3.25. The maximum absolute atomic E-state index is 12.5. The van der Waals surface area contributed by atoms with Crippen LogP contribution in [0.1, 0.15) is 16.1 Å². The number of carbonyl (C=O) groups is 1. The maximum atomic E-state index is 12.5. The van der Waals surface area contributed by atoms with Crippen molar-refractivity contribution in [3.05, 3.63) is 47.8 Å². The minimum Gasteiger partial charge on any atom is -0.454 e. The van der Waals surface area contributed by atoms with Crippen LogP contribution in [0.4, 0.5) is 5.69 Å². The zero-order valence-corrected chi connectivity index (χ0v) is 11.6. The number of nitrogens with zero attached hydrogens (tertiary/aromatic N) is 2. The van der Waals surface area contributed by atoms with Crippen molar-refractivity contribution in [1.82, 2.24) is 9.88 Å². The van der Waals surface area contributed by atoms with Crippen LogP contribution in [-0.2, 0) is 6.54 Å². The number of pyridine rings is 1. The molecule has 0 atom stereocenters. The molecule has 0 bridgehead atoms. The van der Waals surface area contributed by atoms with Crippen molar-refractivity contribution in [3.63, 3.8) is 0 Å². The van der Waals surface area contributed by atoms with Gasteiger partial charge < -0.3 is 20.1 Å². The van der Waals surface area contributed by atoms with Crippen molar-refractivity contribution in [1.29, 1.82) is 0 Å². The van der Waals surface area contributed by atoms with Crippen molar-refractivity contribution in [3.8, 4) is 11.5 Å². The quantitative estimate of drug-likeness (QED) is 0.868. The first-order valence-electron chi connectivity index (χ1n) is 6.49. The summed E-state index contributed by atoms with van der Waals surface area (Å²) in [6, 6.07) is 8.82. The second-order valence-corrected chi connectivity index (χ2v) is 4.78. The van der Waals surface area contributed by atoms with E-state index in [2.05, 4.69) is 4.98 Å². The molecule has 108 valence electrons. The summed E-state index contributed by atoms with van der Waals surface area (Å²) < 4.78 is 10.5. The zero-order chi connectivity index (χ0) is 14.8. The Balaban J connectivity index is 1.82. The van der Waals surface area contributed by atoms with Crippen LogP contribution in [-0.4, -0.2) is 29.6 Å². The van der Waals surface area contributed by atoms with Gasteiger partial charge >= 0.3 is 0 Å². The van der Waals surface area contributed by atoms with Gasteiger partial charge in [0.1, 0.15) is 0 Å². The molecule has 0 aliphatic carbocycles. The average Bonchev–Trinajstić information content (AvgIpc) is 2.93. The highest BCUT2D eigenvalue weighted by Crippen LogP contribution is 2.36. The predicted molar refractivity (Wildman–Crippen MR) is 77.0 cm³/mol. The Labute approximate surface area is 122 Å². The predicted octanol–water partition coefficient (Wildman–Crippen LogP) is 1.66. The molecule has 1 aliphatic heterocycles. The molecule has 1 aromatic carbocycles. The summed E-state index contributed by atoms with van der Waals surface area (Å²) in [5, 5.41) is 0. The summed E-state index contributed by atoms with van der Waals surface area (Å²) in [6.07, 6.45) is 1.70. The van der Waals surface area contributed by atoms with Crippen LogP contribution in [0.5, 0.6) is 11.5 Å².